The molecule has 0 saturated carbocycles. The molecule has 2 N–H and O–H groups in total. The maximum absolute atomic E-state index is 12.1. The van der Waals surface area contributed by atoms with Gasteiger partial charge < -0.3 is 5.32 Å². The molecule has 0 spiro atoms. The van der Waals surface area contributed by atoms with Crippen LogP contribution in [0.3, 0.4) is 0 Å². The molecule has 0 radical (unpaired) electrons. The first kappa shape index (κ1) is 15.4. The lowest BCUT2D eigenvalue weighted by Gasteiger charge is -2.11. The van der Waals surface area contributed by atoms with Crippen molar-refractivity contribution in [2.24, 2.45) is 0 Å². The van der Waals surface area contributed by atoms with Gasteiger partial charge in [-0.1, -0.05) is 35.9 Å². The van der Waals surface area contributed by atoms with E-state index in [-0.39, 0.29) is 11.0 Å². The molecule has 2 aromatic carbocycles. The Bertz CT molecular complexity index is 892. The third kappa shape index (κ3) is 3.64. The molecule has 6 heteroatoms. The van der Waals surface area contributed by atoms with E-state index in [4.69, 9.17) is 23.8 Å². The average molecular weight is 342 g/mol. The summed E-state index contributed by atoms with van der Waals surface area (Å²) in [5.74, 6) is -0.321. The first-order valence-electron chi connectivity index (χ1n) is 6.85. The molecule has 1 heterocycles. The van der Waals surface area contributed by atoms with E-state index in [1.54, 1.807) is 30.5 Å². The van der Waals surface area contributed by atoms with Gasteiger partial charge in [0, 0.05) is 22.2 Å². The Morgan fingerprint density at radius 2 is 1.87 bits per heavy atom. The van der Waals surface area contributed by atoms with Gasteiger partial charge in [-0.05, 0) is 42.5 Å². The van der Waals surface area contributed by atoms with Crippen LogP contribution in [0.5, 0.6) is 0 Å². The van der Waals surface area contributed by atoms with Gasteiger partial charge in [0.1, 0.15) is 0 Å². The van der Waals surface area contributed by atoms with Crippen LogP contribution >= 0.6 is 23.8 Å². The number of pyridine rings is 1. The van der Waals surface area contributed by atoms with Crippen LogP contribution in [0.15, 0.2) is 60.8 Å². The summed E-state index contributed by atoms with van der Waals surface area (Å²) >= 11 is 11.1. The fraction of sp³-hybridized carbons (Fsp3) is 0. The molecule has 23 heavy (non-hydrogen) atoms. The van der Waals surface area contributed by atoms with Gasteiger partial charge in [0.05, 0.1) is 11.2 Å². The number of nitrogens with zero attached hydrogens (tertiary/aromatic N) is 1. The van der Waals surface area contributed by atoms with Crippen molar-refractivity contribution >= 4 is 51.4 Å². The zero-order valence-electron chi connectivity index (χ0n) is 11.9. The quantitative estimate of drug-likeness (QED) is 0.691. The number of carbonyl (C=O) groups is 1. The van der Waals surface area contributed by atoms with Crippen LogP contribution in [0.2, 0.25) is 5.02 Å². The maximum atomic E-state index is 12.1. The molecule has 0 aliphatic heterocycles. The van der Waals surface area contributed by atoms with E-state index in [2.05, 4.69) is 15.6 Å². The largest absolute Gasteiger partial charge is 0.331 e. The molecule has 0 bridgehead atoms. The number of fused-ring (bicyclic) bond motifs is 1. The molecule has 0 saturated heterocycles. The molecule has 0 fully saturated rings. The molecule has 1 amide bonds. The van der Waals surface area contributed by atoms with Gasteiger partial charge in [0.2, 0.25) is 0 Å². The second kappa shape index (κ2) is 6.73. The summed E-state index contributed by atoms with van der Waals surface area (Å²) in [5.41, 5.74) is 1.96. The number of halogens is 1. The van der Waals surface area contributed by atoms with Crippen LogP contribution in [-0.4, -0.2) is 16.0 Å². The minimum Gasteiger partial charge on any atom is -0.331 e. The smallest absolute Gasteiger partial charge is 0.257 e. The standard InChI is InChI=1S/C17H12ClN3OS/c18-13-7-1-5-12(10-13)16(22)21-17(23)20-14-8-2-4-11-6-3-9-19-15(11)14/h1-10H,(H2,20,21,22,23). The zero-order chi connectivity index (χ0) is 16.2. The lowest BCUT2D eigenvalue weighted by molar-refractivity contribution is 0.0977. The van der Waals surface area contributed by atoms with Crippen molar-refractivity contribution in [3.8, 4) is 0 Å². The van der Waals surface area contributed by atoms with Crippen LogP contribution in [0.1, 0.15) is 10.4 Å². The van der Waals surface area contributed by atoms with E-state index < -0.39 is 0 Å². The fourth-order valence-corrected chi connectivity index (χ4v) is 2.56. The molecule has 3 aromatic rings. The summed E-state index contributed by atoms with van der Waals surface area (Å²) in [6.45, 7) is 0. The summed E-state index contributed by atoms with van der Waals surface area (Å²) in [5, 5.41) is 7.32. The highest BCUT2D eigenvalue weighted by molar-refractivity contribution is 7.80. The predicted molar refractivity (Wildman–Crippen MR) is 96.9 cm³/mol. The Balaban J connectivity index is 1.75. The Morgan fingerprint density at radius 3 is 2.70 bits per heavy atom. The predicted octanol–water partition coefficient (Wildman–Crippen LogP) is 4.02. The number of hydrogen-bond donors (Lipinski definition) is 2. The van der Waals surface area contributed by atoms with Crippen LogP contribution in [-0.2, 0) is 0 Å². The van der Waals surface area contributed by atoms with E-state index in [0.29, 0.717) is 10.6 Å². The topological polar surface area (TPSA) is 54.0 Å². The minimum atomic E-state index is -0.321. The van der Waals surface area contributed by atoms with Crippen molar-refractivity contribution in [1.82, 2.24) is 10.3 Å². The van der Waals surface area contributed by atoms with E-state index in [0.717, 1.165) is 16.6 Å². The lowest BCUT2D eigenvalue weighted by Crippen LogP contribution is -2.34. The molecule has 0 unspecified atom stereocenters. The number of nitrogens with one attached hydrogen (secondary N) is 2. The van der Waals surface area contributed by atoms with Gasteiger partial charge >= 0.3 is 0 Å². The summed E-state index contributed by atoms with van der Waals surface area (Å²) in [7, 11) is 0. The van der Waals surface area contributed by atoms with Crippen molar-refractivity contribution in [2.45, 2.75) is 0 Å². The van der Waals surface area contributed by atoms with Crippen molar-refractivity contribution in [3.63, 3.8) is 0 Å². The van der Waals surface area contributed by atoms with Crippen molar-refractivity contribution < 1.29 is 4.79 Å². The third-order valence-corrected chi connectivity index (χ3v) is 3.63. The normalized spacial score (nSPS) is 10.3. The SMILES string of the molecule is O=C(NC(=S)Nc1cccc2cccnc12)c1cccc(Cl)c1. The maximum Gasteiger partial charge on any atom is 0.257 e. The van der Waals surface area contributed by atoms with Gasteiger partial charge in [0.25, 0.3) is 5.91 Å². The van der Waals surface area contributed by atoms with Gasteiger partial charge in [-0.25, -0.2) is 0 Å². The molecule has 4 nitrogen and oxygen atoms in total. The molecule has 0 aliphatic carbocycles. The Morgan fingerprint density at radius 1 is 1.09 bits per heavy atom. The molecule has 0 aliphatic rings. The Labute approximate surface area is 143 Å². The highest BCUT2D eigenvalue weighted by Crippen LogP contribution is 2.20. The van der Waals surface area contributed by atoms with E-state index in [9.17, 15) is 4.79 Å². The second-order valence-electron chi connectivity index (χ2n) is 4.80. The van der Waals surface area contributed by atoms with Crippen LogP contribution in [0.4, 0.5) is 5.69 Å². The van der Waals surface area contributed by atoms with E-state index >= 15 is 0 Å². The number of para-hydroxylation sites is 1. The molecule has 114 valence electrons. The van der Waals surface area contributed by atoms with Gasteiger partial charge in [-0.3, -0.25) is 15.1 Å². The second-order valence-corrected chi connectivity index (χ2v) is 5.64. The summed E-state index contributed by atoms with van der Waals surface area (Å²) < 4.78 is 0. The third-order valence-electron chi connectivity index (χ3n) is 3.19. The summed E-state index contributed by atoms with van der Waals surface area (Å²) in [6.07, 6.45) is 1.71. The molecular formula is C17H12ClN3OS. The number of rotatable bonds is 2. The van der Waals surface area contributed by atoms with Crippen LogP contribution in [0, 0.1) is 0 Å². The molecule has 0 atom stereocenters. The lowest BCUT2D eigenvalue weighted by atomic mass is 10.2. The monoisotopic (exact) mass is 341 g/mol. The van der Waals surface area contributed by atoms with Crippen LogP contribution in [0.25, 0.3) is 10.9 Å². The van der Waals surface area contributed by atoms with Crippen molar-refractivity contribution in [1.29, 1.82) is 0 Å². The van der Waals surface area contributed by atoms with Gasteiger partial charge in [-0.15, -0.1) is 0 Å². The van der Waals surface area contributed by atoms with Gasteiger partial charge in [-0.2, -0.15) is 0 Å². The number of benzene rings is 2. The number of amides is 1. The van der Waals surface area contributed by atoms with E-state index in [1.807, 2.05) is 30.3 Å². The van der Waals surface area contributed by atoms with Crippen molar-refractivity contribution in [2.75, 3.05) is 5.32 Å². The fourth-order valence-electron chi connectivity index (χ4n) is 2.16. The molecule has 1 aromatic heterocycles. The first-order valence-corrected chi connectivity index (χ1v) is 7.64. The molecular weight excluding hydrogens is 330 g/mol. The molecule has 3 rings (SSSR count). The average Bonchev–Trinajstić information content (AvgIpc) is 2.55. The highest BCUT2D eigenvalue weighted by atomic mass is 35.5. The minimum absolute atomic E-state index is 0.202. The highest BCUT2D eigenvalue weighted by Gasteiger charge is 2.09. The van der Waals surface area contributed by atoms with Crippen molar-refractivity contribution in [3.05, 3.63) is 71.4 Å². The Hall–Kier alpha value is -2.50. The van der Waals surface area contributed by atoms with E-state index in [1.165, 1.54) is 0 Å². The first-order chi connectivity index (χ1) is 11.1. The number of thiocarbonyl (C=S) groups is 1. The number of anilines is 1. The van der Waals surface area contributed by atoms with Crippen LogP contribution < -0.4 is 10.6 Å². The summed E-state index contributed by atoms with van der Waals surface area (Å²) in [6, 6.07) is 16.2. The zero-order valence-corrected chi connectivity index (χ0v) is 13.5. The number of hydrogen-bond acceptors (Lipinski definition) is 3. The number of aromatic nitrogens is 1. The Kier molecular flexibility index (Phi) is 4.50. The van der Waals surface area contributed by atoms with Gasteiger partial charge in [0.15, 0.2) is 5.11 Å². The number of carbonyl (C=O) groups excluding carboxylic acids is 1. The summed E-state index contributed by atoms with van der Waals surface area (Å²) in [4.78, 5) is 16.5.